The van der Waals surface area contributed by atoms with Crippen molar-refractivity contribution in [2.45, 2.75) is 27.2 Å². The molecule has 3 rings (SSSR count). The smallest absolute Gasteiger partial charge is 0.261 e. The van der Waals surface area contributed by atoms with Crippen LogP contribution in [0.5, 0.6) is 0 Å². The topological polar surface area (TPSA) is 55.1 Å². The third-order valence-electron chi connectivity index (χ3n) is 3.87. The maximum Gasteiger partial charge on any atom is 0.261 e. The molecule has 2 aromatic heterocycles. The Labute approximate surface area is 153 Å². The average molecular weight is 405 g/mol. The molecule has 0 atom stereocenters. The number of anilines is 1. The van der Waals surface area contributed by atoms with Gasteiger partial charge in [-0.1, -0.05) is 30.3 Å². The minimum Gasteiger partial charge on any atom is -0.360 e. The Morgan fingerprint density at radius 2 is 2.08 bits per heavy atom. The first-order valence-electron chi connectivity index (χ1n) is 7.63. The van der Waals surface area contributed by atoms with E-state index in [4.69, 9.17) is 4.52 Å². The average Bonchev–Trinajstić information content (AvgIpc) is 3.15. The molecule has 0 saturated carbocycles. The van der Waals surface area contributed by atoms with Crippen molar-refractivity contribution >= 4 is 38.9 Å². The van der Waals surface area contributed by atoms with Gasteiger partial charge in [0, 0.05) is 5.69 Å². The molecule has 0 fully saturated rings. The van der Waals surface area contributed by atoms with E-state index in [9.17, 15) is 4.79 Å². The van der Waals surface area contributed by atoms with Gasteiger partial charge in [0.05, 0.1) is 8.66 Å². The van der Waals surface area contributed by atoms with Crippen molar-refractivity contribution in [2.75, 3.05) is 5.32 Å². The lowest BCUT2D eigenvalue weighted by atomic mass is 10.0. The van der Waals surface area contributed by atoms with E-state index in [2.05, 4.69) is 33.3 Å². The summed E-state index contributed by atoms with van der Waals surface area (Å²) in [7, 11) is 0. The fourth-order valence-electron chi connectivity index (χ4n) is 2.63. The summed E-state index contributed by atoms with van der Waals surface area (Å²) in [6.07, 6.45) is 0.852. The number of aryl methyl sites for hydroxylation is 3. The summed E-state index contributed by atoms with van der Waals surface area (Å²) < 4.78 is 6.27. The van der Waals surface area contributed by atoms with Gasteiger partial charge in [-0.25, -0.2) is 0 Å². The molecule has 2 heterocycles. The molecule has 0 spiro atoms. The first-order chi connectivity index (χ1) is 11.5. The number of carbonyl (C=O) groups is 1. The molecule has 0 aliphatic heterocycles. The van der Waals surface area contributed by atoms with Gasteiger partial charge in [0.15, 0.2) is 0 Å². The van der Waals surface area contributed by atoms with Gasteiger partial charge in [0.2, 0.25) is 0 Å². The number of thiophene rings is 1. The first kappa shape index (κ1) is 16.9. The van der Waals surface area contributed by atoms with Crippen molar-refractivity contribution in [1.29, 1.82) is 0 Å². The Hall–Kier alpha value is -1.92. The molecule has 0 bridgehead atoms. The van der Waals surface area contributed by atoms with Crippen LogP contribution in [0.15, 0.2) is 38.6 Å². The fraction of sp³-hybridized carbons (Fsp3) is 0.222. The molecule has 1 N–H and O–H groups in total. The summed E-state index contributed by atoms with van der Waals surface area (Å²) in [6, 6.07) is 9.88. The van der Waals surface area contributed by atoms with Crippen LogP contribution in [-0.2, 0) is 6.42 Å². The van der Waals surface area contributed by atoms with E-state index >= 15 is 0 Å². The van der Waals surface area contributed by atoms with Gasteiger partial charge in [0.1, 0.15) is 17.0 Å². The molecule has 24 heavy (non-hydrogen) atoms. The van der Waals surface area contributed by atoms with Crippen molar-refractivity contribution in [3.8, 4) is 10.6 Å². The predicted octanol–water partition coefficient (Wildman–Crippen LogP) is 5.60. The number of rotatable bonds is 4. The van der Waals surface area contributed by atoms with E-state index in [0.717, 1.165) is 31.9 Å². The molecular weight excluding hydrogens is 388 g/mol. The van der Waals surface area contributed by atoms with E-state index in [-0.39, 0.29) is 5.91 Å². The summed E-state index contributed by atoms with van der Waals surface area (Å²) in [5.41, 5.74) is 4.07. The molecule has 1 aromatic carbocycles. The van der Waals surface area contributed by atoms with Crippen LogP contribution in [0.25, 0.3) is 10.6 Å². The van der Waals surface area contributed by atoms with E-state index in [0.29, 0.717) is 17.0 Å². The third kappa shape index (κ3) is 3.16. The quantitative estimate of drug-likeness (QED) is 0.615. The summed E-state index contributed by atoms with van der Waals surface area (Å²) in [4.78, 5) is 13.8. The number of benzene rings is 1. The van der Waals surface area contributed by atoms with Crippen molar-refractivity contribution in [1.82, 2.24) is 5.16 Å². The Kier molecular flexibility index (Phi) is 4.87. The zero-order valence-electron chi connectivity index (χ0n) is 13.6. The van der Waals surface area contributed by atoms with E-state index < -0.39 is 0 Å². The van der Waals surface area contributed by atoms with Crippen molar-refractivity contribution in [3.63, 3.8) is 0 Å². The van der Waals surface area contributed by atoms with Crippen LogP contribution in [-0.4, -0.2) is 11.1 Å². The number of carbonyl (C=O) groups excluding carboxylic acids is 1. The SMILES string of the molecule is CCc1cccc(C)c1NC(=O)c1c(-c2ccc(Br)s2)noc1C. The molecule has 0 aliphatic carbocycles. The Bertz CT molecular complexity index is 898. The van der Waals surface area contributed by atoms with Gasteiger partial charge in [-0.2, -0.15) is 0 Å². The van der Waals surface area contributed by atoms with Crippen molar-refractivity contribution in [3.05, 3.63) is 56.6 Å². The molecule has 124 valence electrons. The second kappa shape index (κ2) is 6.91. The monoisotopic (exact) mass is 404 g/mol. The largest absolute Gasteiger partial charge is 0.360 e. The molecule has 0 radical (unpaired) electrons. The lowest BCUT2D eigenvalue weighted by Crippen LogP contribution is -2.15. The highest BCUT2D eigenvalue weighted by molar-refractivity contribution is 9.11. The van der Waals surface area contributed by atoms with E-state index in [1.54, 1.807) is 6.92 Å². The lowest BCUT2D eigenvalue weighted by Gasteiger charge is -2.13. The second-order valence-corrected chi connectivity index (χ2v) is 7.95. The highest BCUT2D eigenvalue weighted by atomic mass is 79.9. The zero-order chi connectivity index (χ0) is 17.3. The third-order valence-corrected chi connectivity index (χ3v) is 5.51. The summed E-state index contributed by atoms with van der Waals surface area (Å²) in [5, 5.41) is 7.12. The molecule has 0 unspecified atom stereocenters. The van der Waals surface area contributed by atoms with Crippen LogP contribution >= 0.6 is 27.3 Å². The van der Waals surface area contributed by atoms with E-state index in [1.165, 1.54) is 11.3 Å². The number of halogens is 1. The standard InChI is InChI=1S/C18H17BrN2O2S/c1-4-12-7-5-6-10(2)16(12)20-18(22)15-11(3)23-21-17(15)13-8-9-14(19)24-13/h5-9H,4H2,1-3H3,(H,20,22). The van der Waals surface area contributed by atoms with Gasteiger partial charge >= 0.3 is 0 Å². The van der Waals surface area contributed by atoms with Gasteiger partial charge in [0.25, 0.3) is 5.91 Å². The summed E-state index contributed by atoms with van der Waals surface area (Å²) in [6.45, 7) is 5.82. The van der Waals surface area contributed by atoms with Gasteiger partial charge in [-0.3, -0.25) is 4.79 Å². The molecule has 4 nitrogen and oxygen atoms in total. The molecular formula is C18H17BrN2O2S. The maximum absolute atomic E-state index is 12.9. The Morgan fingerprint density at radius 1 is 1.29 bits per heavy atom. The van der Waals surface area contributed by atoms with Gasteiger partial charge < -0.3 is 9.84 Å². The number of nitrogens with one attached hydrogen (secondary N) is 1. The van der Waals surface area contributed by atoms with Crippen molar-refractivity contribution < 1.29 is 9.32 Å². The number of hydrogen-bond donors (Lipinski definition) is 1. The normalized spacial score (nSPS) is 10.8. The molecule has 6 heteroatoms. The highest BCUT2D eigenvalue weighted by Crippen LogP contribution is 2.34. The van der Waals surface area contributed by atoms with Gasteiger partial charge in [-0.05, 0) is 59.5 Å². The van der Waals surface area contributed by atoms with Crippen LogP contribution in [0.3, 0.4) is 0 Å². The predicted molar refractivity (Wildman–Crippen MR) is 101 cm³/mol. The molecule has 0 aliphatic rings. The summed E-state index contributed by atoms with van der Waals surface area (Å²) in [5.74, 6) is 0.316. The number of aromatic nitrogens is 1. The van der Waals surface area contributed by atoms with Crippen LogP contribution in [0.4, 0.5) is 5.69 Å². The van der Waals surface area contributed by atoms with Gasteiger partial charge in [-0.15, -0.1) is 11.3 Å². The van der Waals surface area contributed by atoms with Crippen LogP contribution < -0.4 is 5.32 Å². The molecule has 0 saturated heterocycles. The molecule has 3 aromatic rings. The number of nitrogens with zero attached hydrogens (tertiary/aromatic N) is 1. The number of hydrogen-bond acceptors (Lipinski definition) is 4. The second-order valence-electron chi connectivity index (χ2n) is 5.48. The Balaban J connectivity index is 1.99. The van der Waals surface area contributed by atoms with Crippen LogP contribution in [0.2, 0.25) is 0 Å². The minimum absolute atomic E-state index is 0.197. The lowest BCUT2D eigenvalue weighted by molar-refractivity contribution is 0.102. The zero-order valence-corrected chi connectivity index (χ0v) is 16.0. The first-order valence-corrected chi connectivity index (χ1v) is 9.24. The number of amides is 1. The van der Waals surface area contributed by atoms with E-state index in [1.807, 2.05) is 37.3 Å². The highest BCUT2D eigenvalue weighted by Gasteiger charge is 2.23. The fourth-order valence-corrected chi connectivity index (χ4v) is 4.00. The molecule has 1 amide bonds. The van der Waals surface area contributed by atoms with Crippen LogP contribution in [0.1, 0.15) is 34.2 Å². The summed E-state index contributed by atoms with van der Waals surface area (Å²) >= 11 is 4.96. The minimum atomic E-state index is -0.197. The Morgan fingerprint density at radius 3 is 2.75 bits per heavy atom. The van der Waals surface area contributed by atoms with Crippen LogP contribution in [0, 0.1) is 13.8 Å². The number of para-hydroxylation sites is 1. The van der Waals surface area contributed by atoms with Crippen molar-refractivity contribution in [2.24, 2.45) is 0 Å². The maximum atomic E-state index is 12.9.